The molecule has 0 unspecified atom stereocenters. The van der Waals surface area contributed by atoms with Crippen LogP contribution >= 0.6 is 11.8 Å². The smallest absolute Gasteiger partial charge is 0.343 e. The largest absolute Gasteiger partial charge is 0.465 e. The molecule has 0 saturated heterocycles. The fourth-order valence-corrected chi connectivity index (χ4v) is 2.07. The summed E-state index contributed by atoms with van der Waals surface area (Å²) >= 11 is 1.75. The number of nitrogens with two attached hydrogens (primary N) is 1. The van der Waals surface area contributed by atoms with Crippen LogP contribution in [-0.4, -0.2) is 28.8 Å². The fraction of sp³-hybridized carbons (Fsp3) is 0.545. The molecule has 0 amide bonds. The average molecular weight is 255 g/mol. The van der Waals surface area contributed by atoms with Crippen LogP contribution in [0.4, 0.5) is 5.82 Å². The van der Waals surface area contributed by atoms with Gasteiger partial charge in [-0.3, -0.25) is 0 Å². The van der Waals surface area contributed by atoms with E-state index in [1.54, 1.807) is 11.8 Å². The monoisotopic (exact) mass is 255 g/mol. The first-order chi connectivity index (χ1) is 8.04. The summed E-state index contributed by atoms with van der Waals surface area (Å²) in [5.41, 5.74) is 5.88. The third-order valence-electron chi connectivity index (χ3n) is 1.96. The lowest BCUT2D eigenvalue weighted by molar-refractivity contribution is 0.0601. The van der Waals surface area contributed by atoms with Crippen LogP contribution in [0.15, 0.2) is 6.20 Å². The van der Waals surface area contributed by atoms with Crippen molar-refractivity contribution in [3.8, 4) is 0 Å². The highest BCUT2D eigenvalue weighted by Gasteiger charge is 2.12. The van der Waals surface area contributed by atoms with Crippen LogP contribution < -0.4 is 5.73 Å². The van der Waals surface area contributed by atoms with Gasteiger partial charge in [0, 0.05) is 6.20 Å². The van der Waals surface area contributed by atoms with E-state index >= 15 is 0 Å². The number of nitrogens with zero attached hydrogens (tertiary/aromatic N) is 2. The molecule has 2 N–H and O–H groups in total. The van der Waals surface area contributed by atoms with E-state index in [4.69, 9.17) is 5.73 Å². The minimum atomic E-state index is -0.510. The maximum Gasteiger partial charge on any atom is 0.343 e. The van der Waals surface area contributed by atoms with Gasteiger partial charge in [-0.05, 0) is 11.7 Å². The lowest BCUT2D eigenvalue weighted by Gasteiger charge is -2.06. The minimum absolute atomic E-state index is 0.173. The Kier molecular flexibility index (Phi) is 5.21. The fourth-order valence-electron chi connectivity index (χ4n) is 1.16. The number of rotatable bonds is 5. The van der Waals surface area contributed by atoms with Crippen molar-refractivity contribution in [1.82, 2.24) is 9.97 Å². The Labute approximate surface area is 105 Å². The molecule has 1 aromatic heterocycles. The molecule has 0 aliphatic rings. The van der Waals surface area contributed by atoms with Crippen LogP contribution in [0, 0.1) is 5.92 Å². The topological polar surface area (TPSA) is 78.1 Å². The van der Waals surface area contributed by atoms with Gasteiger partial charge in [0.15, 0.2) is 0 Å². The summed E-state index contributed by atoms with van der Waals surface area (Å²) in [5, 5.41) is 0. The summed E-state index contributed by atoms with van der Waals surface area (Å²) in [6, 6.07) is 0. The highest BCUT2D eigenvalue weighted by atomic mass is 32.2. The molecule has 94 valence electrons. The number of ether oxygens (including phenoxy) is 1. The van der Waals surface area contributed by atoms with E-state index in [2.05, 4.69) is 28.6 Å². The SMILES string of the molecule is COC(=O)c1cnc(CSCC(C)C)nc1N. The second kappa shape index (κ2) is 6.44. The number of methoxy groups -OCH3 is 1. The van der Waals surface area contributed by atoms with Crippen LogP contribution in [0.1, 0.15) is 30.0 Å². The molecule has 1 aromatic rings. The molecule has 5 nitrogen and oxygen atoms in total. The zero-order valence-corrected chi connectivity index (χ0v) is 11.1. The van der Waals surface area contributed by atoms with Crippen LogP contribution in [-0.2, 0) is 10.5 Å². The molecule has 0 radical (unpaired) electrons. The number of nitrogen functional groups attached to an aromatic ring is 1. The van der Waals surface area contributed by atoms with E-state index in [-0.39, 0.29) is 11.4 Å². The van der Waals surface area contributed by atoms with Gasteiger partial charge in [0.1, 0.15) is 17.2 Å². The highest BCUT2D eigenvalue weighted by Crippen LogP contribution is 2.15. The number of carbonyl (C=O) groups excluding carboxylic acids is 1. The number of anilines is 1. The average Bonchev–Trinajstić information content (AvgIpc) is 2.28. The summed E-state index contributed by atoms with van der Waals surface area (Å²) in [6.07, 6.45) is 1.42. The lowest BCUT2D eigenvalue weighted by Crippen LogP contribution is -2.10. The second-order valence-corrected chi connectivity index (χ2v) is 5.02. The van der Waals surface area contributed by atoms with Crippen molar-refractivity contribution in [2.75, 3.05) is 18.6 Å². The number of carbonyl (C=O) groups is 1. The highest BCUT2D eigenvalue weighted by molar-refractivity contribution is 7.98. The maximum atomic E-state index is 11.3. The van der Waals surface area contributed by atoms with Gasteiger partial charge in [-0.25, -0.2) is 14.8 Å². The van der Waals surface area contributed by atoms with Gasteiger partial charge in [0.05, 0.1) is 12.9 Å². The van der Waals surface area contributed by atoms with Gasteiger partial charge in [-0.15, -0.1) is 0 Å². The number of thioether (sulfide) groups is 1. The molecule has 0 spiro atoms. The predicted octanol–water partition coefficient (Wildman–Crippen LogP) is 1.73. The van der Waals surface area contributed by atoms with Gasteiger partial charge < -0.3 is 10.5 Å². The number of hydrogen-bond donors (Lipinski definition) is 1. The molecule has 0 aliphatic heterocycles. The van der Waals surface area contributed by atoms with Crippen LogP contribution in [0.25, 0.3) is 0 Å². The second-order valence-electron chi connectivity index (χ2n) is 3.99. The number of aromatic nitrogens is 2. The van der Waals surface area contributed by atoms with Gasteiger partial charge >= 0.3 is 5.97 Å². The molecular formula is C11H17N3O2S. The zero-order valence-electron chi connectivity index (χ0n) is 10.3. The van der Waals surface area contributed by atoms with Crippen molar-refractivity contribution < 1.29 is 9.53 Å². The normalized spacial score (nSPS) is 10.6. The minimum Gasteiger partial charge on any atom is -0.465 e. The molecule has 0 aliphatic carbocycles. The first-order valence-corrected chi connectivity index (χ1v) is 6.47. The van der Waals surface area contributed by atoms with Gasteiger partial charge in [-0.2, -0.15) is 11.8 Å². The van der Waals surface area contributed by atoms with Crippen molar-refractivity contribution in [3.05, 3.63) is 17.6 Å². The van der Waals surface area contributed by atoms with Crippen LogP contribution in [0.3, 0.4) is 0 Å². The van der Waals surface area contributed by atoms with E-state index in [1.165, 1.54) is 13.3 Å². The number of esters is 1. The molecule has 1 rings (SSSR count). The molecule has 0 saturated carbocycles. The van der Waals surface area contributed by atoms with Crippen molar-refractivity contribution in [2.24, 2.45) is 5.92 Å². The Morgan fingerprint density at radius 1 is 1.59 bits per heavy atom. The van der Waals surface area contributed by atoms with Gasteiger partial charge in [0.25, 0.3) is 0 Å². The Bertz CT molecular complexity index is 396. The van der Waals surface area contributed by atoms with Crippen molar-refractivity contribution >= 4 is 23.5 Å². The van der Waals surface area contributed by atoms with E-state index in [1.807, 2.05) is 0 Å². The summed E-state index contributed by atoms with van der Waals surface area (Å²) < 4.78 is 4.57. The Morgan fingerprint density at radius 3 is 2.82 bits per heavy atom. The Hall–Kier alpha value is -1.30. The van der Waals surface area contributed by atoms with Crippen LogP contribution in [0.2, 0.25) is 0 Å². The maximum absolute atomic E-state index is 11.3. The standard InChI is InChI=1S/C11H17N3O2S/c1-7(2)5-17-6-9-13-4-8(10(12)14-9)11(15)16-3/h4,7H,5-6H2,1-3H3,(H2,12,13,14). The van der Waals surface area contributed by atoms with Crippen molar-refractivity contribution in [2.45, 2.75) is 19.6 Å². The Balaban J connectivity index is 2.65. The molecule has 0 aromatic carbocycles. The lowest BCUT2D eigenvalue weighted by atomic mass is 10.3. The summed E-state index contributed by atoms with van der Waals surface area (Å²) in [7, 11) is 1.30. The summed E-state index contributed by atoms with van der Waals surface area (Å²) in [4.78, 5) is 19.4. The first-order valence-electron chi connectivity index (χ1n) is 5.32. The van der Waals surface area contributed by atoms with Crippen LogP contribution in [0.5, 0.6) is 0 Å². The van der Waals surface area contributed by atoms with Crippen molar-refractivity contribution in [1.29, 1.82) is 0 Å². The summed E-state index contributed by atoms with van der Waals surface area (Å²) in [5.74, 6) is 2.68. The molecular weight excluding hydrogens is 238 g/mol. The molecule has 1 heterocycles. The molecule has 6 heteroatoms. The molecule has 0 atom stereocenters. The third-order valence-corrected chi connectivity index (χ3v) is 3.32. The van der Waals surface area contributed by atoms with E-state index in [9.17, 15) is 4.79 Å². The molecule has 0 fully saturated rings. The molecule has 17 heavy (non-hydrogen) atoms. The van der Waals surface area contributed by atoms with Gasteiger partial charge in [-0.1, -0.05) is 13.8 Å². The zero-order chi connectivity index (χ0) is 12.8. The van der Waals surface area contributed by atoms with E-state index < -0.39 is 5.97 Å². The van der Waals surface area contributed by atoms with Crippen molar-refractivity contribution in [3.63, 3.8) is 0 Å². The predicted molar refractivity (Wildman–Crippen MR) is 68.8 cm³/mol. The first kappa shape index (κ1) is 13.8. The summed E-state index contributed by atoms with van der Waals surface area (Å²) in [6.45, 7) is 4.31. The Morgan fingerprint density at radius 2 is 2.29 bits per heavy atom. The van der Waals surface area contributed by atoms with E-state index in [0.29, 0.717) is 17.5 Å². The van der Waals surface area contributed by atoms with Gasteiger partial charge in [0.2, 0.25) is 0 Å². The molecule has 0 bridgehead atoms. The third kappa shape index (κ3) is 4.22. The quantitative estimate of drug-likeness (QED) is 0.807. The number of hydrogen-bond acceptors (Lipinski definition) is 6. The van der Waals surface area contributed by atoms with E-state index in [0.717, 1.165) is 5.75 Å².